The van der Waals surface area contributed by atoms with Crippen molar-refractivity contribution in [1.29, 1.82) is 0 Å². The Balaban J connectivity index is 2.22. The maximum absolute atomic E-state index is 11.8. The van der Waals surface area contributed by atoms with Crippen molar-refractivity contribution in [1.82, 2.24) is 18.2 Å². The Bertz CT molecular complexity index is 620. The van der Waals surface area contributed by atoms with E-state index >= 15 is 0 Å². The molecule has 0 fully saturated rings. The molecule has 2 heterocycles. The fourth-order valence-corrected chi connectivity index (χ4v) is 2.24. The largest absolute Gasteiger partial charge is 0.308 e. The molecule has 0 saturated heterocycles. The maximum Gasteiger partial charge on any atom is 0.308 e. The van der Waals surface area contributed by atoms with Gasteiger partial charge in [-0.2, -0.15) is 12.7 Å². The summed E-state index contributed by atoms with van der Waals surface area (Å²) < 4.78 is 25.9. The third-order valence-electron chi connectivity index (χ3n) is 2.43. The molecule has 2 aromatic heterocycles. The van der Waals surface area contributed by atoms with E-state index in [1.54, 1.807) is 6.20 Å². The van der Waals surface area contributed by atoms with E-state index in [0.29, 0.717) is 12.1 Å². The van der Waals surface area contributed by atoms with Crippen LogP contribution in [0.2, 0.25) is 0 Å². The van der Waals surface area contributed by atoms with Gasteiger partial charge in [0.1, 0.15) is 6.33 Å². The van der Waals surface area contributed by atoms with Crippen LogP contribution < -0.4 is 0 Å². The number of pyridine rings is 1. The van der Waals surface area contributed by atoms with E-state index in [0.717, 1.165) is 14.0 Å². The average molecular weight is 266 g/mol. The summed E-state index contributed by atoms with van der Waals surface area (Å²) in [6.07, 6.45) is 5.01. The number of nitrogens with zero attached hydrogens (tertiary/aromatic N) is 4. The third kappa shape index (κ3) is 2.57. The molecule has 2 aromatic rings. The minimum Gasteiger partial charge on any atom is -0.261 e. The third-order valence-corrected chi connectivity index (χ3v) is 4.09. The van der Waals surface area contributed by atoms with Crippen LogP contribution in [0.25, 0.3) is 0 Å². The zero-order valence-corrected chi connectivity index (χ0v) is 11.0. The van der Waals surface area contributed by atoms with E-state index in [9.17, 15) is 8.42 Å². The smallest absolute Gasteiger partial charge is 0.261 e. The van der Waals surface area contributed by atoms with Crippen molar-refractivity contribution in [3.63, 3.8) is 0 Å². The minimum absolute atomic E-state index is 0.511. The Kier molecular flexibility index (Phi) is 3.44. The van der Waals surface area contributed by atoms with Crippen molar-refractivity contribution in [2.75, 3.05) is 14.1 Å². The first-order valence-corrected chi connectivity index (χ1v) is 6.75. The molecule has 0 saturated carbocycles. The molecule has 0 aliphatic rings. The molecule has 0 aliphatic heterocycles. The van der Waals surface area contributed by atoms with Crippen LogP contribution in [-0.4, -0.2) is 40.8 Å². The molecule has 7 heteroatoms. The molecular weight excluding hydrogens is 252 g/mol. The molecule has 0 spiro atoms. The van der Waals surface area contributed by atoms with Crippen LogP contribution in [0.15, 0.2) is 36.9 Å². The predicted molar refractivity (Wildman–Crippen MR) is 67.3 cm³/mol. The van der Waals surface area contributed by atoms with Crippen LogP contribution in [0.4, 0.5) is 0 Å². The first kappa shape index (κ1) is 12.7. The lowest BCUT2D eigenvalue weighted by Gasteiger charge is -2.10. The van der Waals surface area contributed by atoms with Crippen LogP contribution in [0.5, 0.6) is 0 Å². The number of rotatable bonds is 4. The highest BCUT2D eigenvalue weighted by Crippen LogP contribution is 2.07. The second-order valence-electron chi connectivity index (χ2n) is 3.98. The number of imidazole rings is 1. The van der Waals surface area contributed by atoms with Gasteiger partial charge in [-0.1, -0.05) is 6.07 Å². The molecule has 0 bridgehead atoms. The molecule has 18 heavy (non-hydrogen) atoms. The number of hydrogen-bond donors (Lipinski definition) is 0. The SMILES string of the molecule is CN(C)S(=O)(=O)n1cnc(Cc2ccccn2)c1. The van der Waals surface area contributed by atoms with Gasteiger partial charge in [0.05, 0.1) is 5.69 Å². The second kappa shape index (κ2) is 4.87. The summed E-state index contributed by atoms with van der Waals surface area (Å²) in [6, 6.07) is 5.59. The lowest BCUT2D eigenvalue weighted by atomic mass is 10.2. The van der Waals surface area contributed by atoms with Gasteiger partial charge in [0, 0.05) is 38.6 Å². The lowest BCUT2D eigenvalue weighted by Crippen LogP contribution is -2.27. The summed E-state index contributed by atoms with van der Waals surface area (Å²) in [7, 11) is -0.521. The molecule has 6 nitrogen and oxygen atoms in total. The van der Waals surface area contributed by atoms with Gasteiger partial charge in [0.15, 0.2) is 0 Å². The van der Waals surface area contributed by atoms with Crippen molar-refractivity contribution in [3.8, 4) is 0 Å². The lowest BCUT2D eigenvalue weighted by molar-refractivity contribution is 0.510. The summed E-state index contributed by atoms with van der Waals surface area (Å²) in [4.78, 5) is 8.25. The molecular formula is C11H14N4O2S. The minimum atomic E-state index is -3.48. The van der Waals surface area contributed by atoms with Crippen LogP contribution in [-0.2, 0) is 16.6 Å². The van der Waals surface area contributed by atoms with Crippen LogP contribution in [0.3, 0.4) is 0 Å². The van der Waals surface area contributed by atoms with Crippen molar-refractivity contribution in [2.24, 2.45) is 0 Å². The monoisotopic (exact) mass is 266 g/mol. The van der Waals surface area contributed by atoms with E-state index in [1.807, 2.05) is 18.2 Å². The summed E-state index contributed by atoms with van der Waals surface area (Å²) in [6.45, 7) is 0. The molecule has 0 N–H and O–H groups in total. The summed E-state index contributed by atoms with van der Waals surface area (Å²) >= 11 is 0. The number of aromatic nitrogens is 3. The normalized spacial score (nSPS) is 11.9. The maximum atomic E-state index is 11.8. The van der Waals surface area contributed by atoms with Gasteiger partial charge in [-0.15, -0.1) is 0 Å². The Morgan fingerprint density at radius 3 is 2.61 bits per heavy atom. The highest BCUT2D eigenvalue weighted by molar-refractivity contribution is 7.87. The Labute approximate surface area is 106 Å². The molecule has 0 unspecified atom stereocenters. The van der Waals surface area contributed by atoms with Crippen molar-refractivity contribution in [2.45, 2.75) is 6.42 Å². The van der Waals surface area contributed by atoms with E-state index in [2.05, 4.69) is 9.97 Å². The van der Waals surface area contributed by atoms with Crippen LogP contribution >= 0.6 is 0 Å². The van der Waals surface area contributed by atoms with Gasteiger partial charge in [0.25, 0.3) is 0 Å². The van der Waals surface area contributed by atoms with Gasteiger partial charge in [-0.05, 0) is 12.1 Å². The van der Waals surface area contributed by atoms with E-state index in [4.69, 9.17) is 0 Å². The summed E-state index contributed by atoms with van der Waals surface area (Å²) in [5, 5.41) is 0. The Morgan fingerprint density at radius 1 is 1.22 bits per heavy atom. The molecule has 2 rings (SSSR count). The molecule has 96 valence electrons. The molecule has 0 amide bonds. The first-order valence-electron chi connectivity index (χ1n) is 5.36. The molecule has 0 aromatic carbocycles. The zero-order chi connectivity index (χ0) is 13.2. The van der Waals surface area contributed by atoms with Gasteiger partial charge >= 0.3 is 10.2 Å². The van der Waals surface area contributed by atoms with E-state index in [1.165, 1.54) is 26.6 Å². The highest BCUT2D eigenvalue weighted by atomic mass is 32.2. The van der Waals surface area contributed by atoms with Crippen molar-refractivity contribution < 1.29 is 8.42 Å². The van der Waals surface area contributed by atoms with E-state index in [-0.39, 0.29) is 0 Å². The topological polar surface area (TPSA) is 68.1 Å². The highest BCUT2D eigenvalue weighted by Gasteiger charge is 2.16. The quantitative estimate of drug-likeness (QED) is 0.809. The first-order chi connectivity index (χ1) is 8.50. The summed E-state index contributed by atoms with van der Waals surface area (Å²) in [5.74, 6) is 0. The fraction of sp³-hybridized carbons (Fsp3) is 0.273. The standard InChI is InChI=1S/C11H14N4O2S/c1-14(2)18(16,17)15-8-11(13-9-15)7-10-5-3-4-6-12-10/h3-6,8-9H,7H2,1-2H3. The van der Waals surface area contributed by atoms with Crippen LogP contribution in [0.1, 0.15) is 11.4 Å². The van der Waals surface area contributed by atoms with Gasteiger partial charge in [-0.25, -0.2) is 8.96 Å². The van der Waals surface area contributed by atoms with E-state index < -0.39 is 10.2 Å². The van der Waals surface area contributed by atoms with Gasteiger partial charge in [0.2, 0.25) is 0 Å². The van der Waals surface area contributed by atoms with Crippen molar-refractivity contribution >= 4 is 10.2 Å². The van der Waals surface area contributed by atoms with Gasteiger partial charge < -0.3 is 0 Å². The molecule has 0 aliphatic carbocycles. The predicted octanol–water partition coefficient (Wildman–Crippen LogP) is 0.523. The zero-order valence-electron chi connectivity index (χ0n) is 10.2. The second-order valence-corrected chi connectivity index (χ2v) is 6.03. The average Bonchev–Trinajstić information content (AvgIpc) is 2.79. The van der Waals surface area contributed by atoms with Crippen molar-refractivity contribution in [3.05, 3.63) is 48.3 Å². The summed E-state index contributed by atoms with van der Waals surface area (Å²) in [5.41, 5.74) is 1.52. The fourth-order valence-electron chi connectivity index (χ4n) is 1.44. The number of hydrogen-bond acceptors (Lipinski definition) is 4. The Hall–Kier alpha value is -1.73. The van der Waals surface area contributed by atoms with Crippen LogP contribution in [0, 0.1) is 0 Å². The molecule has 0 radical (unpaired) electrons. The Morgan fingerprint density at radius 2 is 2.00 bits per heavy atom. The molecule has 0 atom stereocenters. The van der Waals surface area contributed by atoms with Gasteiger partial charge in [-0.3, -0.25) is 4.98 Å².